The molecule has 6 heteroatoms. The van der Waals surface area contributed by atoms with Gasteiger partial charge in [0, 0.05) is 24.4 Å². The van der Waals surface area contributed by atoms with Gasteiger partial charge in [-0.05, 0) is 31.0 Å². The summed E-state index contributed by atoms with van der Waals surface area (Å²) >= 11 is 0. The molecule has 1 unspecified atom stereocenters. The lowest BCUT2D eigenvalue weighted by Gasteiger charge is -2.22. The van der Waals surface area contributed by atoms with Crippen molar-refractivity contribution in [2.75, 3.05) is 23.8 Å². The normalized spacial score (nSPS) is 21.1. The molecule has 0 radical (unpaired) electrons. The number of rotatable bonds is 4. The van der Waals surface area contributed by atoms with Crippen LogP contribution in [0.5, 0.6) is 0 Å². The summed E-state index contributed by atoms with van der Waals surface area (Å²) in [6, 6.07) is 5.37. The zero-order valence-electron chi connectivity index (χ0n) is 12.4. The number of hydrogen-bond acceptors (Lipinski definition) is 4. The fourth-order valence-corrected chi connectivity index (χ4v) is 2.15. The number of anilines is 2. The first-order valence-electron chi connectivity index (χ1n) is 7.04. The molecule has 1 heterocycles. The van der Waals surface area contributed by atoms with Gasteiger partial charge in [-0.15, -0.1) is 0 Å². The molecular weight excluding hydrogens is 270 g/mol. The number of carbonyl (C=O) groups is 2. The van der Waals surface area contributed by atoms with Gasteiger partial charge in [0.1, 0.15) is 5.54 Å². The Morgan fingerprint density at radius 2 is 2.00 bits per heavy atom. The number of amides is 2. The molecule has 2 rings (SSSR count). The highest BCUT2D eigenvalue weighted by Gasteiger charge is 2.38. The van der Waals surface area contributed by atoms with E-state index in [4.69, 9.17) is 10.5 Å². The Morgan fingerprint density at radius 3 is 2.57 bits per heavy atom. The zero-order valence-corrected chi connectivity index (χ0v) is 12.4. The van der Waals surface area contributed by atoms with Gasteiger partial charge in [-0.1, -0.05) is 13.0 Å². The molecule has 0 bridgehead atoms. The van der Waals surface area contributed by atoms with Crippen molar-refractivity contribution in [3.8, 4) is 0 Å². The molecule has 6 nitrogen and oxygen atoms in total. The Morgan fingerprint density at radius 1 is 1.33 bits per heavy atom. The van der Waals surface area contributed by atoms with Crippen molar-refractivity contribution >= 4 is 23.2 Å². The lowest BCUT2D eigenvalue weighted by Crippen LogP contribution is -2.51. The minimum Gasteiger partial charge on any atom is -0.379 e. The van der Waals surface area contributed by atoms with Gasteiger partial charge in [0.25, 0.3) is 0 Å². The Bertz CT molecular complexity index is 551. The summed E-state index contributed by atoms with van der Waals surface area (Å²) in [6.07, 6.45) is 0.906. The predicted octanol–water partition coefficient (Wildman–Crippen LogP) is 1.40. The Hall–Kier alpha value is -1.92. The van der Waals surface area contributed by atoms with Gasteiger partial charge in [0.2, 0.25) is 11.8 Å². The summed E-state index contributed by atoms with van der Waals surface area (Å²) in [7, 11) is 0. The van der Waals surface area contributed by atoms with E-state index < -0.39 is 5.54 Å². The molecule has 0 aliphatic carbocycles. The van der Waals surface area contributed by atoms with Crippen LogP contribution in [0.25, 0.3) is 0 Å². The Kier molecular flexibility index (Phi) is 4.59. The van der Waals surface area contributed by atoms with E-state index in [2.05, 4.69) is 10.6 Å². The molecule has 0 aromatic heterocycles. The van der Waals surface area contributed by atoms with Crippen LogP contribution in [-0.2, 0) is 14.3 Å². The minimum atomic E-state index is -0.977. The first-order valence-corrected chi connectivity index (χ1v) is 7.04. The summed E-state index contributed by atoms with van der Waals surface area (Å²) in [6.45, 7) is 4.35. The summed E-state index contributed by atoms with van der Waals surface area (Å²) in [4.78, 5) is 23.8. The van der Waals surface area contributed by atoms with E-state index in [9.17, 15) is 9.59 Å². The number of hydrogen-bond donors (Lipinski definition) is 3. The van der Waals surface area contributed by atoms with Crippen molar-refractivity contribution in [3.63, 3.8) is 0 Å². The number of ether oxygens (including phenoxy) is 1. The molecule has 0 saturated carbocycles. The molecule has 1 aliphatic rings. The van der Waals surface area contributed by atoms with Crippen LogP contribution in [0, 0.1) is 6.92 Å². The smallest absolute Gasteiger partial charge is 0.246 e. The van der Waals surface area contributed by atoms with Crippen LogP contribution in [0.1, 0.15) is 25.3 Å². The highest BCUT2D eigenvalue weighted by molar-refractivity contribution is 6.00. The monoisotopic (exact) mass is 291 g/mol. The molecule has 114 valence electrons. The summed E-state index contributed by atoms with van der Waals surface area (Å²) < 4.78 is 5.20. The molecule has 1 atom stereocenters. The van der Waals surface area contributed by atoms with Crippen molar-refractivity contribution < 1.29 is 14.3 Å². The van der Waals surface area contributed by atoms with Crippen molar-refractivity contribution in [1.82, 2.24) is 0 Å². The number of nitrogens with one attached hydrogen (secondary N) is 2. The molecule has 1 aromatic carbocycles. The van der Waals surface area contributed by atoms with Gasteiger partial charge in [-0.2, -0.15) is 0 Å². The fraction of sp³-hybridized carbons (Fsp3) is 0.467. The first-order chi connectivity index (χ1) is 9.96. The maximum absolute atomic E-state index is 12.3. The summed E-state index contributed by atoms with van der Waals surface area (Å²) in [5.74, 6) is -0.330. The van der Waals surface area contributed by atoms with Gasteiger partial charge in [0.05, 0.1) is 6.61 Å². The molecule has 1 aromatic rings. The second-order valence-electron chi connectivity index (χ2n) is 5.29. The molecule has 0 spiro atoms. The average molecular weight is 291 g/mol. The lowest BCUT2D eigenvalue weighted by atomic mass is 9.99. The quantitative estimate of drug-likeness (QED) is 0.781. The topological polar surface area (TPSA) is 93.5 Å². The maximum atomic E-state index is 12.3. The largest absolute Gasteiger partial charge is 0.379 e. The minimum absolute atomic E-state index is 0.0685. The number of benzene rings is 1. The van der Waals surface area contributed by atoms with Gasteiger partial charge in [-0.3, -0.25) is 9.59 Å². The highest BCUT2D eigenvalue weighted by Crippen LogP contribution is 2.25. The average Bonchev–Trinajstić information content (AvgIpc) is 2.91. The molecule has 21 heavy (non-hydrogen) atoms. The van der Waals surface area contributed by atoms with Crippen molar-refractivity contribution in [2.45, 2.75) is 32.2 Å². The zero-order chi connectivity index (χ0) is 15.5. The molecule has 1 saturated heterocycles. The summed E-state index contributed by atoms with van der Waals surface area (Å²) in [5.41, 5.74) is 7.19. The SMILES string of the molecule is CCC(=O)Nc1cccc(NC(=O)C2(N)CCOC2)c1C. The second-order valence-corrected chi connectivity index (χ2v) is 5.29. The van der Waals surface area contributed by atoms with Crippen LogP contribution < -0.4 is 16.4 Å². The second kappa shape index (κ2) is 6.24. The molecule has 1 aliphatic heterocycles. The molecule has 2 amide bonds. The lowest BCUT2D eigenvalue weighted by molar-refractivity contribution is -0.121. The van der Waals surface area contributed by atoms with Gasteiger partial charge < -0.3 is 21.1 Å². The van der Waals surface area contributed by atoms with E-state index in [0.717, 1.165) is 5.56 Å². The third-order valence-electron chi connectivity index (χ3n) is 3.68. The van der Waals surface area contributed by atoms with E-state index >= 15 is 0 Å². The number of carbonyl (C=O) groups excluding carboxylic acids is 2. The summed E-state index contributed by atoms with van der Waals surface area (Å²) in [5, 5.41) is 5.64. The van der Waals surface area contributed by atoms with E-state index in [-0.39, 0.29) is 18.4 Å². The number of nitrogens with two attached hydrogens (primary N) is 1. The van der Waals surface area contributed by atoms with Crippen molar-refractivity contribution in [1.29, 1.82) is 0 Å². The standard InChI is InChI=1S/C15H21N3O3/c1-3-13(19)17-11-5-4-6-12(10(11)2)18-14(20)15(16)7-8-21-9-15/h4-6H,3,7-9,16H2,1-2H3,(H,17,19)(H,18,20). The van der Waals surface area contributed by atoms with Crippen LogP contribution in [-0.4, -0.2) is 30.6 Å². The third-order valence-corrected chi connectivity index (χ3v) is 3.68. The van der Waals surface area contributed by atoms with Gasteiger partial charge >= 0.3 is 0 Å². The van der Waals surface area contributed by atoms with Crippen LogP contribution in [0.2, 0.25) is 0 Å². The van der Waals surface area contributed by atoms with Crippen LogP contribution in [0.4, 0.5) is 11.4 Å². The Labute approximate surface area is 124 Å². The van der Waals surface area contributed by atoms with Gasteiger partial charge in [-0.25, -0.2) is 0 Å². The first kappa shape index (κ1) is 15.5. The van der Waals surface area contributed by atoms with Crippen molar-refractivity contribution in [3.05, 3.63) is 23.8 Å². The molecule has 1 fully saturated rings. The molecule has 4 N–H and O–H groups in total. The van der Waals surface area contributed by atoms with E-state index in [1.165, 1.54) is 0 Å². The maximum Gasteiger partial charge on any atom is 0.246 e. The van der Waals surface area contributed by atoms with Crippen molar-refractivity contribution in [2.24, 2.45) is 5.73 Å². The third kappa shape index (κ3) is 3.40. The van der Waals surface area contributed by atoms with Crippen LogP contribution >= 0.6 is 0 Å². The fourth-order valence-electron chi connectivity index (χ4n) is 2.15. The van der Waals surface area contributed by atoms with Crippen LogP contribution in [0.15, 0.2) is 18.2 Å². The van der Waals surface area contributed by atoms with E-state index in [1.807, 2.05) is 6.92 Å². The van der Waals surface area contributed by atoms with E-state index in [0.29, 0.717) is 30.8 Å². The predicted molar refractivity (Wildman–Crippen MR) is 81.1 cm³/mol. The van der Waals surface area contributed by atoms with Gasteiger partial charge in [0.15, 0.2) is 0 Å². The van der Waals surface area contributed by atoms with Crippen LogP contribution in [0.3, 0.4) is 0 Å². The Balaban J connectivity index is 2.15. The highest BCUT2D eigenvalue weighted by atomic mass is 16.5. The van der Waals surface area contributed by atoms with E-state index in [1.54, 1.807) is 25.1 Å². The molecular formula is C15H21N3O3.